The van der Waals surface area contributed by atoms with E-state index in [4.69, 9.17) is 4.74 Å². The summed E-state index contributed by atoms with van der Waals surface area (Å²) in [6.07, 6.45) is 4.88. The van der Waals surface area contributed by atoms with E-state index in [0.717, 1.165) is 0 Å². The molecule has 1 fully saturated rings. The van der Waals surface area contributed by atoms with Crippen LogP contribution in [0.1, 0.15) is 46.5 Å². The van der Waals surface area contributed by atoms with Crippen LogP contribution in [0, 0.1) is 0 Å². The van der Waals surface area contributed by atoms with Crippen LogP contribution in [0.3, 0.4) is 0 Å². The van der Waals surface area contributed by atoms with E-state index in [9.17, 15) is 0 Å². The fourth-order valence-corrected chi connectivity index (χ4v) is 2.07. The molecule has 0 aromatic rings. The number of hydrogen-bond acceptors (Lipinski definition) is 2. The highest BCUT2D eigenvalue weighted by Gasteiger charge is 2.30. The number of methoxy groups -OCH3 is 1. The first-order valence-corrected chi connectivity index (χ1v) is 5.37. The van der Waals surface area contributed by atoms with Gasteiger partial charge in [-0.2, -0.15) is 0 Å². The minimum Gasteiger partial charge on any atom is -0.379 e. The van der Waals surface area contributed by atoms with Crippen LogP contribution in [0.15, 0.2) is 0 Å². The predicted octanol–water partition coefficient (Wildman–Crippen LogP) is 2.33. The van der Waals surface area contributed by atoms with Crippen LogP contribution in [-0.2, 0) is 4.74 Å². The van der Waals surface area contributed by atoms with E-state index in [0.29, 0.717) is 12.1 Å². The fourth-order valence-electron chi connectivity index (χ4n) is 2.07. The molecular weight excluding hydrogens is 162 g/mol. The SMILES string of the molecule is CO[C@]1(C)CC[C@H](NC(C)C)CC1. The van der Waals surface area contributed by atoms with E-state index in [2.05, 4.69) is 26.1 Å². The van der Waals surface area contributed by atoms with Crippen LogP contribution in [0.4, 0.5) is 0 Å². The third-order valence-corrected chi connectivity index (χ3v) is 3.11. The van der Waals surface area contributed by atoms with Crippen molar-refractivity contribution in [3.05, 3.63) is 0 Å². The van der Waals surface area contributed by atoms with Gasteiger partial charge in [-0.1, -0.05) is 13.8 Å². The van der Waals surface area contributed by atoms with Crippen molar-refractivity contribution in [2.75, 3.05) is 7.11 Å². The zero-order valence-corrected chi connectivity index (χ0v) is 9.39. The molecular formula is C11H23NO. The number of ether oxygens (including phenoxy) is 1. The Balaban J connectivity index is 2.30. The molecule has 0 radical (unpaired) electrons. The molecule has 0 atom stereocenters. The van der Waals surface area contributed by atoms with Gasteiger partial charge in [-0.3, -0.25) is 0 Å². The molecule has 1 rings (SSSR count). The van der Waals surface area contributed by atoms with Crippen LogP contribution in [0.5, 0.6) is 0 Å². The fraction of sp³-hybridized carbons (Fsp3) is 1.00. The maximum atomic E-state index is 5.50. The lowest BCUT2D eigenvalue weighted by atomic mass is 9.83. The summed E-state index contributed by atoms with van der Waals surface area (Å²) in [6, 6.07) is 1.32. The van der Waals surface area contributed by atoms with E-state index in [1.54, 1.807) is 0 Å². The first-order valence-electron chi connectivity index (χ1n) is 5.37. The normalized spacial score (nSPS) is 35.3. The van der Waals surface area contributed by atoms with Crippen LogP contribution in [-0.4, -0.2) is 24.8 Å². The Morgan fingerprint density at radius 1 is 1.31 bits per heavy atom. The topological polar surface area (TPSA) is 21.3 Å². The largest absolute Gasteiger partial charge is 0.379 e. The van der Waals surface area contributed by atoms with Gasteiger partial charge in [0.25, 0.3) is 0 Å². The zero-order chi connectivity index (χ0) is 9.90. The lowest BCUT2D eigenvalue weighted by Gasteiger charge is -2.37. The van der Waals surface area contributed by atoms with Crippen molar-refractivity contribution < 1.29 is 4.74 Å². The first kappa shape index (κ1) is 11.0. The van der Waals surface area contributed by atoms with Crippen LogP contribution < -0.4 is 5.32 Å². The Labute approximate surface area is 82.0 Å². The molecule has 0 amide bonds. The van der Waals surface area contributed by atoms with Gasteiger partial charge in [-0.05, 0) is 32.6 Å². The van der Waals surface area contributed by atoms with Gasteiger partial charge in [0.15, 0.2) is 0 Å². The first-order chi connectivity index (χ1) is 6.06. The van der Waals surface area contributed by atoms with Gasteiger partial charge in [-0.15, -0.1) is 0 Å². The molecule has 1 saturated carbocycles. The second-order valence-corrected chi connectivity index (χ2v) is 4.75. The maximum Gasteiger partial charge on any atom is 0.0652 e. The maximum absolute atomic E-state index is 5.50. The standard InChI is InChI=1S/C11H23NO/c1-9(2)12-10-5-7-11(3,13-4)8-6-10/h9-10,12H,5-8H2,1-4H3/t10-,11+. The van der Waals surface area contributed by atoms with E-state index >= 15 is 0 Å². The number of rotatable bonds is 3. The lowest BCUT2D eigenvalue weighted by molar-refractivity contribution is -0.0296. The van der Waals surface area contributed by atoms with Crippen molar-refractivity contribution in [2.24, 2.45) is 0 Å². The minimum atomic E-state index is 0.148. The summed E-state index contributed by atoms with van der Waals surface area (Å²) in [5, 5.41) is 3.59. The summed E-state index contributed by atoms with van der Waals surface area (Å²) in [7, 11) is 1.83. The Kier molecular flexibility index (Phi) is 3.74. The van der Waals surface area contributed by atoms with E-state index in [1.807, 2.05) is 7.11 Å². The van der Waals surface area contributed by atoms with Gasteiger partial charge >= 0.3 is 0 Å². The average Bonchev–Trinajstić information content (AvgIpc) is 2.09. The molecule has 13 heavy (non-hydrogen) atoms. The Morgan fingerprint density at radius 2 is 1.85 bits per heavy atom. The van der Waals surface area contributed by atoms with Crippen molar-refractivity contribution in [3.8, 4) is 0 Å². The molecule has 0 unspecified atom stereocenters. The second-order valence-electron chi connectivity index (χ2n) is 4.75. The van der Waals surface area contributed by atoms with Gasteiger partial charge in [0.1, 0.15) is 0 Å². The van der Waals surface area contributed by atoms with Gasteiger partial charge in [0.05, 0.1) is 5.60 Å². The molecule has 1 aliphatic rings. The van der Waals surface area contributed by atoms with Gasteiger partial charge in [-0.25, -0.2) is 0 Å². The summed E-state index contributed by atoms with van der Waals surface area (Å²) in [6.45, 7) is 6.65. The molecule has 0 saturated heterocycles. The van der Waals surface area contributed by atoms with Crippen molar-refractivity contribution in [2.45, 2.75) is 64.1 Å². The van der Waals surface area contributed by atoms with Crippen LogP contribution >= 0.6 is 0 Å². The summed E-state index contributed by atoms with van der Waals surface area (Å²) in [5.41, 5.74) is 0.148. The smallest absolute Gasteiger partial charge is 0.0652 e. The zero-order valence-electron chi connectivity index (χ0n) is 9.39. The molecule has 2 heteroatoms. The number of hydrogen-bond donors (Lipinski definition) is 1. The Morgan fingerprint density at radius 3 is 2.23 bits per heavy atom. The third kappa shape index (κ3) is 3.28. The highest BCUT2D eigenvalue weighted by atomic mass is 16.5. The van der Waals surface area contributed by atoms with Crippen molar-refractivity contribution in [1.82, 2.24) is 5.32 Å². The van der Waals surface area contributed by atoms with Crippen LogP contribution in [0.2, 0.25) is 0 Å². The summed E-state index contributed by atoms with van der Waals surface area (Å²) < 4.78 is 5.50. The Hall–Kier alpha value is -0.0800. The van der Waals surface area contributed by atoms with Gasteiger partial charge in [0.2, 0.25) is 0 Å². The van der Waals surface area contributed by atoms with E-state index in [-0.39, 0.29) is 5.60 Å². The molecule has 0 aromatic heterocycles. The predicted molar refractivity (Wildman–Crippen MR) is 55.9 cm³/mol. The minimum absolute atomic E-state index is 0.148. The van der Waals surface area contributed by atoms with Gasteiger partial charge < -0.3 is 10.1 Å². The molecule has 1 aliphatic carbocycles. The lowest BCUT2D eigenvalue weighted by Crippen LogP contribution is -2.42. The summed E-state index contributed by atoms with van der Waals surface area (Å²) in [5.74, 6) is 0. The van der Waals surface area contributed by atoms with Crippen molar-refractivity contribution in [1.29, 1.82) is 0 Å². The molecule has 0 spiro atoms. The molecule has 1 N–H and O–H groups in total. The molecule has 0 aliphatic heterocycles. The highest BCUT2D eigenvalue weighted by Crippen LogP contribution is 2.30. The van der Waals surface area contributed by atoms with Gasteiger partial charge in [0, 0.05) is 19.2 Å². The summed E-state index contributed by atoms with van der Waals surface area (Å²) >= 11 is 0. The molecule has 0 bridgehead atoms. The van der Waals surface area contributed by atoms with Crippen molar-refractivity contribution in [3.63, 3.8) is 0 Å². The third-order valence-electron chi connectivity index (χ3n) is 3.11. The van der Waals surface area contributed by atoms with Crippen molar-refractivity contribution >= 4 is 0 Å². The molecule has 78 valence electrons. The molecule has 2 nitrogen and oxygen atoms in total. The molecule has 0 aromatic carbocycles. The summed E-state index contributed by atoms with van der Waals surface area (Å²) in [4.78, 5) is 0. The molecule has 0 heterocycles. The monoisotopic (exact) mass is 185 g/mol. The second kappa shape index (κ2) is 4.43. The quantitative estimate of drug-likeness (QED) is 0.728. The average molecular weight is 185 g/mol. The highest BCUT2D eigenvalue weighted by molar-refractivity contribution is 4.86. The Bertz CT molecular complexity index is 148. The van der Waals surface area contributed by atoms with E-state index in [1.165, 1.54) is 25.7 Å². The van der Waals surface area contributed by atoms with E-state index < -0.39 is 0 Å². The number of nitrogens with one attached hydrogen (secondary N) is 1. The van der Waals surface area contributed by atoms with Crippen LogP contribution in [0.25, 0.3) is 0 Å².